The van der Waals surface area contributed by atoms with Crippen LogP contribution in [0.5, 0.6) is 0 Å². The molecule has 1 saturated heterocycles. The van der Waals surface area contributed by atoms with Gasteiger partial charge in [-0.15, -0.1) is 5.10 Å². The van der Waals surface area contributed by atoms with E-state index in [1.807, 2.05) is 31.2 Å². The van der Waals surface area contributed by atoms with Gasteiger partial charge < -0.3 is 10.2 Å². The Morgan fingerprint density at radius 1 is 1.25 bits per heavy atom. The van der Waals surface area contributed by atoms with E-state index in [-0.39, 0.29) is 18.3 Å². The third kappa shape index (κ3) is 5.54. The number of benzene rings is 1. The number of halogens is 3. The lowest BCUT2D eigenvalue weighted by Crippen LogP contribution is -2.40. The first-order valence-electron chi connectivity index (χ1n) is 9.36. The Kier molecular flexibility index (Phi) is 6.33. The van der Waals surface area contributed by atoms with Crippen LogP contribution in [0.1, 0.15) is 40.5 Å². The predicted octanol–water partition coefficient (Wildman–Crippen LogP) is 2.76. The summed E-state index contributed by atoms with van der Waals surface area (Å²) in [5, 5.41) is 11.1. The molecule has 0 radical (unpaired) electrons. The number of hydrogen-bond acceptors (Lipinski definition) is 4. The molecule has 1 fully saturated rings. The molecule has 1 N–H and O–H groups in total. The fourth-order valence-corrected chi connectivity index (χ4v) is 3.27. The normalized spacial score (nSPS) is 15.6. The molecule has 1 amide bonds. The Labute approximate surface area is 161 Å². The zero-order chi connectivity index (χ0) is 20.1. The minimum absolute atomic E-state index is 0.0401. The number of rotatable bonds is 6. The van der Waals surface area contributed by atoms with E-state index in [1.165, 1.54) is 6.20 Å². The first-order chi connectivity index (χ1) is 13.3. The Hall–Kier alpha value is -2.42. The molecule has 2 heterocycles. The zero-order valence-electron chi connectivity index (χ0n) is 15.7. The van der Waals surface area contributed by atoms with E-state index in [0.717, 1.165) is 42.0 Å². The predicted molar refractivity (Wildman–Crippen MR) is 98.0 cm³/mol. The van der Waals surface area contributed by atoms with Crippen molar-refractivity contribution in [2.75, 3.05) is 26.2 Å². The summed E-state index contributed by atoms with van der Waals surface area (Å²) in [6.07, 6.45) is -0.987. The number of carbonyl (C=O) groups is 1. The standard InChI is InChI=1S/C19H24F3N5O/c1-14-2-4-15(5-3-14)8-11-26(13-19(20,21)22)18(28)17-12-27(25-24-17)16-6-9-23-10-7-16/h2-5,12,16,23H,6-11,13H2,1H3. The number of piperidine rings is 1. The highest BCUT2D eigenvalue weighted by atomic mass is 19.4. The molecule has 0 saturated carbocycles. The maximum absolute atomic E-state index is 13.0. The topological polar surface area (TPSA) is 63.1 Å². The van der Waals surface area contributed by atoms with E-state index >= 15 is 0 Å². The molecule has 28 heavy (non-hydrogen) atoms. The summed E-state index contributed by atoms with van der Waals surface area (Å²) in [7, 11) is 0. The van der Waals surface area contributed by atoms with E-state index in [4.69, 9.17) is 0 Å². The van der Waals surface area contributed by atoms with Crippen LogP contribution in [0.3, 0.4) is 0 Å². The molecule has 1 aliphatic heterocycles. The second-order valence-corrected chi connectivity index (χ2v) is 7.14. The summed E-state index contributed by atoms with van der Waals surface area (Å²) in [5.74, 6) is -0.746. The maximum atomic E-state index is 13.0. The van der Waals surface area contributed by atoms with E-state index in [0.29, 0.717) is 6.42 Å². The molecule has 1 aromatic heterocycles. The summed E-state index contributed by atoms with van der Waals surface area (Å²) in [5.41, 5.74) is 1.90. The molecule has 3 rings (SSSR count). The van der Waals surface area contributed by atoms with Crippen LogP contribution in [0.25, 0.3) is 0 Å². The molecule has 2 aromatic rings. The first-order valence-corrected chi connectivity index (χ1v) is 9.36. The molecule has 152 valence electrons. The number of nitrogens with zero attached hydrogens (tertiary/aromatic N) is 4. The van der Waals surface area contributed by atoms with Gasteiger partial charge in [0.05, 0.1) is 12.2 Å². The summed E-state index contributed by atoms with van der Waals surface area (Å²) < 4.78 is 40.6. The molecular formula is C19H24F3N5O. The van der Waals surface area contributed by atoms with Crippen molar-refractivity contribution < 1.29 is 18.0 Å². The Morgan fingerprint density at radius 2 is 1.93 bits per heavy atom. The van der Waals surface area contributed by atoms with Crippen molar-refractivity contribution in [2.24, 2.45) is 0 Å². The van der Waals surface area contributed by atoms with E-state index in [9.17, 15) is 18.0 Å². The Bertz CT molecular complexity index is 782. The Balaban J connectivity index is 1.70. The number of nitrogens with one attached hydrogen (secondary N) is 1. The number of carbonyl (C=O) groups excluding carboxylic acids is 1. The second kappa shape index (κ2) is 8.72. The number of aromatic nitrogens is 3. The summed E-state index contributed by atoms with van der Waals surface area (Å²) in [4.78, 5) is 13.5. The third-order valence-electron chi connectivity index (χ3n) is 4.86. The molecule has 0 spiro atoms. The highest BCUT2D eigenvalue weighted by Crippen LogP contribution is 2.20. The van der Waals surface area contributed by atoms with E-state index in [2.05, 4.69) is 15.6 Å². The smallest absolute Gasteiger partial charge is 0.328 e. The van der Waals surface area contributed by atoms with Crippen LogP contribution in [-0.2, 0) is 6.42 Å². The highest BCUT2D eigenvalue weighted by Gasteiger charge is 2.34. The third-order valence-corrected chi connectivity index (χ3v) is 4.86. The molecule has 1 aromatic carbocycles. The minimum Gasteiger partial charge on any atom is -0.328 e. The lowest BCUT2D eigenvalue weighted by molar-refractivity contribution is -0.140. The minimum atomic E-state index is -4.48. The van der Waals surface area contributed by atoms with Crippen LogP contribution < -0.4 is 5.32 Å². The molecule has 0 bridgehead atoms. The van der Waals surface area contributed by atoms with Gasteiger partial charge in [-0.05, 0) is 44.8 Å². The van der Waals surface area contributed by atoms with E-state index < -0.39 is 18.6 Å². The first kappa shape index (κ1) is 20.3. The molecule has 9 heteroatoms. The van der Waals surface area contributed by atoms with Crippen LogP contribution in [-0.4, -0.2) is 58.2 Å². The van der Waals surface area contributed by atoms with Gasteiger partial charge in [-0.3, -0.25) is 4.79 Å². The fraction of sp³-hybridized carbons (Fsp3) is 0.526. The lowest BCUT2D eigenvalue weighted by atomic mass is 10.1. The summed E-state index contributed by atoms with van der Waals surface area (Å²) in [6.45, 7) is 2.27. The Morgan fingerprint density at radius 3 is 2.57 bits per heavy atom. The van der Waals surface area contributed by atoms with Crippen molar-refractivity contribution in [2.45, 2.75) is 38.4 Å². The van der Waals surface area contributed by atoms with Gasteiger partial charge in [0.1, 0.15) is 6.54 Å². The van der Waals surface area contributed by atoms with Crippen LogP contribution in [0.2, 0.25) is 0 Å². The van der Waals surface area contributed by atoms with Gasteiger partial charge in [0.2, 0.25) is 0 Å². The van der Waals surface area contributed by atoms with Crippen molar-refractivity contribution in [3.8, 4) is 0 Å². The van der Waals surface area contributed by atoms with Gasteiger partial charge in [-0.25, -0.2) is 4.68 Å². The van der Waals surface area contributed by atoms with E-state index in [1.54, 1.807) is 4.68 Å². The lowest BCUT2D eigenvalue weighted by Gasteiger charge is -2.23. The molecule has 0 aliphatic carbocycles. The van der Waals surface area contributed by atoms with Gasteiger partial charge >= 0.3 is 6.18 Å². The number of amides is 1. The van der Waals surface area contributed by atoms with Gasteiger partial charge in [-0.2, -0.15) is 13.2 Å². The van der Waals surface area contributed by atoms with Crippen molar-refractivity contribution >= 4 is 5.91 Å². The average molecular weight is 395 g/mol. The van der Waals surface area contributed by atoms with Crippen molar-refractivity contribution in [1.82, 2.24) is 25.2 Å². The summed E-state index contributed by atoms with van der Waals surface area (Å²) >= 11 is 0. The molecule has 1 aliphatic rings. The van der Waals surface area contributed by atoms with Gasteiger partial charge in [0.15, 0.2) is 5.69 Å². The van der Waals surface area contributed by atoms with Crippen LogP contribution in [0.4, 0.5) is 13.2 Å². The number of alkyl halides is 3. The molecule has 0 unspecified atom stereocenters. The van der Waals surface area contributed by atoms with Gasteiger partial charge in [-0.1, -0.05) is 35.0 Å². The monoisotopic (exact) mass is 395 g/mol. The fourth-order valence-electron chi connectivity index (χ4n) is 3.27. The molecule has 6 nitrogen and oxygen atoms in total. The van der Waals surface area contributed by atoms with Crippen molar-refractivity contribution in [3.63, 3.8) is 0 Å². The maximum Gasteiger partial charge on any atom is 0.406 e. The molecule has 0 atom stereocenters. The van der Waals surface area contributed by atoms with Gasteiger partial charge in [0.25, 0.3) is 5.91 Å². The SMILES string of the molecule is Cc1ccc(CCN(CC(F)(F)F)C(=O)c2cn(C3CCNCC3)nn2)cc1. The van der Waals surface area contributed by atoms with Gasteiger partial charge in [0, 0.05) is 6.54 Å². The van der Waals surface area contributed by atoms with Crippen LogP contribution in [0.15, 0.2) is 30.5 Å². The highest BCUT2D eigenvalue weighted by molar-refractivity contribution is 5.92. The largest absolute Gasteiger partial charge is 0.406 e. The summed E-state index contributed by atoms with van der Waals surface area (Å²) in [6, 6.07) is 7.63. The second-order valence-electron chi connectivity index (χ2n) is 7.14. The van der Waals surface area contributed by atoms with Crippen LogP contribution in [0, 0.1) is 6.92 Å². The van der Waals surface area contributed by atoms with Crippen LogP contribution >= 0.6 is 0 Å². The molecular weight excluding hydrogens is 371 g/mol. The number of hydrogen-bond donors (Lipinski definition) is 1. The van der Waals surface area contributed by atoms with Crippen molar-refractivity contribution in [1.29, 1.82) is 0 Å². The number of aryl methyl sites for hydroxylation is 1. The quantitative estimate of drug-likeness (QED) is 0.817. The average Bonchev–Trinajstić information content (AvgIpc) is 3.16. The zero-order valence-corrected chi connectivity index (χ0v) is 15.7. The van der Waals surface area contributed by atoms with Crippen molar-refractivity contribution in [3.05, 3.63) is 47.3 Å².